The van der Waals surface area contributed by atoms with Gasteiger partial charge in [0.2, 0.25) is 5.91 Å². The molecule has 0 saturated heterocycles. The molecule has 1 aliphatic rings. The standard InChI is InChI=1S/C27H32ClN5O2S/c1-16-13-21(11-12-29-16)32-27(35)25(19-7-5-4-6-8-19)33-26(34)24-10-9-23(36-24)18(3)31-22-14-20(28)15-30-17(22)2/h9-15,18-19,25,31H,4-8H2,1-3H3,(H,33,34)(H,29,32,35)/t18-,25-/m0/s1. The highest BCUT2D eigenvalue weighted by atomic mass is 35.5. The van der Waals surface area contributed by atoms with E-state index in [2.05, 4.69) is 25.9 Å². The van der Waals surface area contributed by atoms with E-state index in [9.17, 15) is 9.59 Å². The van der Waals surface area contributed by atoms with Gasteiger partial charge in [-0.2, -0.15) is 0 Å². The summed E-state index contributed by atoms with van der Waals surface area (Å²) in [6.45, 7) is 5.83. The summed E-state index contributed by atoms with van der Waals surface area (Å²) in [5.41, 5.74) is 3.22. The number of halogens is 1. The Morgan fingerprint density at radius 3 is 2.61 bits per heavy atom. The largest absolute Gasteiger partial charge is 0.376 e. The molecule has 2 atom stereocenters. The van der Waals surface area contributed by atoms with Crippen LogP contribution >= 0.6 is 22.9 Å². The van der Waals surface area contributed by atoms with Crippen molar-refractivity contribution in [2.75, 3.05) is 10.6 Å². The lowest BCUT2D eigenvalue weighted by atomic mass is 9.83. The van der Waals surface area contributed by atoms with Crippen molar-refractivity contribution in [3.05, 3.63) is 68.9 Å². The number of nitrogens with one attached hydrogen (secondary N) is 3. The van der Waals surface area contributed by atoms with Crippen LogP contribution in [0.3, 0.4) is 0 Å². The Balaban J connectivity index is 1.46. The van der Waals surface area contributed by atoms with Crippen molar-refractivity contribution in [1.29, 1.82) is 0 Å². The van der Waals surface area contributed by atoms with Crippen LogP contribution in [0.1, 0.15) is 71.0 Å². The van der Waals surface area contributed by atoms with Crippen LogP contribution in [0.15, 0.2) is 42.7 Å². The Bertz CT molecular complexity index is 1220. The molecule has 3 heterocycles. The highest BCUT2D eigenvalue weighted by Gasteiger charge is 2.31. The van der Waals surface area contributed by atoms with Gasteiger partial charge in [-0.1, -0.05) is 30.9 Å². The fraction of sp³-hybridized carbons (Fsp3) is 0.407. The number of carbonyl (C=O) groups is 2. The number of pyridine rings is 2. The molecule has 4 rings (SSSR count). The number of thiophene rings is 1. The predicted octanol–water partition coefficient (Wildman–Crippen LogP) is 6.30. The molecule has 190 valence electrons. The van der Waals surface area contributed by atoms with E-state index in [1.165, 1.54) is 17.8 Å². The van der Waals surface area contributed by atoms with E-state index in [1.54, 1.807) is 18.5 Å². The molecule has 3 aromatic heterocycles. The van der Waals surface area contributed by atoms with Gasteiger partial charge in [0.1, 0.15) is 6.04 Å². The number of hydrogen-bond donors (Lipinski definition) is 3. The first-order chi connectivity index (χ1) is 17.3. The van der Waals surface area contributed by atoms with Crippen LogP contribution in [0.4, 0.5) is 11.4 Å². The molecule has 3 aromatic rings. The quantitative estimate of drug-likeness (QED) is 0.321. The van der Waals surface area contributed by atoms with E-state index in [1.807, 2.05) is 45.0 Å². The number of carbonyl (C=O) groups excluding carboxylic acids is 2. The first-order valence-corrected chi connectivity index (χ1v) is 13.5. The Kier molecular flexibility index (Phi) is 8.59. The molecular formula is C27H32ClN5O2S. The monoisotopic (exact) mass is 525 g/mol. The molecule has 0 aromatic carbocycles. The normalized spacial score (nSPS) is 15.7. The third-order valence-electron chi connectivity index (χ3n) is 6.56. The first-order valence-electron chi connectivity index (χ1n) is 12.3. The Morgan fingerprint density at radius 2 is 1.86 bits per heavy atom. The Hall–Kier alpha value is -2.97. The molecule has 1 fully saturated rings. The van der Waals surface area contributed by atoms with E-state index in [4.69, 9.17) is 11.6 Å². The fourth-order valence-electron chi connectivity index (χ4n) is 4.59. The van der Waals surface area contributed by atoms with E-state index < -0.39 is 6.04 Å². The smallest absolute Gasteiger partial charge is 0.262 e. The van der Waals surface area contributed by atoms with E-state index in [0.717, 1.165) is 47.6 Å². The van der Waals surface area contributed by atoms with Crippen molar-refractivity contribution >= 4 is 46.1 Å². The number of nitrogens with zero attached hydrogens (tertiary/aromatic N) is 2. The van der Waals surface area contributed by atoms with Gasteiger partial charge >= 0.3 is 0 Å². The van der Waals surface area contributed by atoms with Gasteiger partial charge in [-0.3, -0.25) is 19.6 Å². The number of aromatic nitrogens is 2. The van der Waals surface area contributed by atoms with Crippen LogP contribution < -0.4 is 16.0 Å². The van der Waals surface area contributed by atoms with E-state index >= 15 is 0 Å². The maximum Gasteiger partial charge on any atom is 0.262 e. The van der Waals surface area contributed by atoms with Gasteiger partial charge < -0.3 is 16.0 Å². The van der Waals surface area contributed by atoms with Gasteiger partial charge in [-0.15, -0.1) is 11.3 Å². The van der Waals surface area contributed by atoms with Crippen molar-refractivity contribution in [3.63, 3.8) is 0 Å². The molecule has 2 amide bonds. The molecule has 9 heteroatoms. The van der Waals surface area contributed by atoms with Crippen molar-refractivity contribution < 1.29 is 9.59 Å². The summed E-state index contributed by atoms with van der Waals surface area (Å²) in [7, 11) is 0. The first kappa shape index (κ1) is 26.1. The van der Waals surface area contributed by atoms with Crippen LogP contribution in [-0.2, 0) is 4.79 Å². The van der Waals surface area contributed by atoms with Crippen molar-refractivity contribution in [3.8, 4) is 0 Å². The van der Waals surface area contributed by atoms with Crippen LogP contribution in [0, 0.1) is 19.8 Å². The molecule has 0 unspecified atom stereocenters. The summed E-state index contributed by atoms with van der Waals surface area (Å²) >= 11 is 7.52. The van der Waals surface area contributed by atoms with Crippen molar-refractivity contribution in [2.24, 2.45) is 5.92 Å². The highest BCUT2D eigenvalue weighted by Crippen LogP contribution is 2.30. The fourth-order valence-corrected chi connectivity index (χ4v) is 5.66. The highest BCUT2D eigenvalue weighted by molar-refractivity contribution is 7.14. The van der Waals surface area contributed by atoms with Gasteiger partial charge in [0.05, 0.1) is 27.3 Å². The maximum absolute atomic E-state index is 13.3. The minimum Gasteiger partial charge on any atom is -0.376 e. The third kappa shape index (κ3) is 6.62. The molecule has 3 N–H and O–H groups in total. The second-order valence-corrected chi connectivity index (χ2v) is 10.9. The summed E-state index contributed by atoms with van der Waals surface area (Å²) in [6, 6.07) is 8.57. The van der Waals surface area contributed by atoms with Crippen LogP contribution in [-0.4, -0.2) is 27.8 Å². The zero-order chi connectivity index (χ0) is 25.7. The molecule has 0 radical (unpaired) electrons. The van der Waals surface area contributed by atoms with Crippen LogP contribution in [0.25, 0.3) is 0 Å². The minimum atomic E-state index is -0.590. The summed E-state index contributed by atoms with van der Waals surface area (Å²) in [5.74, 6) is -0.295. The molecule has 1 aliphatic carbocycles. The Labute approximate surface area is 221 Å². The van der Waals surface area contributed by atoms with Gasteiger partial charge in [-0.05, 0) is 69.9 Å². The average molecular weight is 526 g/mol. The predicted molar refractivity (Wildman–Crippen MR) is 146 cm³/mol. The minimum absolute atomic E-state index is 0.0390. The lowest BCUT2D eigenvalue weighted by Gasteiger charge is -2.30. The van der Waals surface area contributed by atoms with Gasteiger partial charge in [0.15, 0.2) is 0 Å². The number of anilines is 2. The molecule has 0 aliphatic heterocycles. The maximum atomic E-state index is 13.3. The van der Waals surface area contributed by atoms with Gasteiger partial charge in [0, 0.05) is 28.7 Å². The van der Waals surface area contributed by atoms with Crippen molar-refractivity contribution in [1.82, 2.24) is 15.3 Å². The second kappa shape index (κ2) is 11.8. The third-order valence-corrected chi connectivity index (χ3v) is 8.03. The van der Waals surface area contributed by atoms with E-state index in [-0.39, 0.29) is 23.8 Å². The van der Waals surface area contributed by atoms with E-state index in [0.29, 0.717) is 15.6 Å². The van der Waals surface area contributed by atoms with Gasteiger partial charge in [0.25, 0.3) is 5.91 Å². The Morgan fingerprint density at radius 1 is 1.08 bits per heavy atom. The van der Waals surface area contributed by atoms with Crippen LogP contribution in [0.2, 0.25) is 5.02 Å². The summed E-state index contributed by atoms with van der Waals surface area (Å²) in [5, 5.41) is 10.0. The summed E-state index contributed by atoms with van der Waals surface area (Å²) in [6.07, 6.45) is 8.46. The number of amides is 2. The molecule has 7 nitrogen and oxygen atoms in total. The van der Waals surface area contributed by atoms with Gasteiger partial charge in [-0.25, -0.2) is 0 Å². The molecule has 36 heavy (non-hydrogen) atoms. The average Bonchev–Trinajstić information content (AvgIpc) is 3.36. The lowest BCUT2D eigenvalue weighted by molar-refractivity contribution is -0.119. The zero-order valence-corrected chi connectivity index (χ0v) is 22.4. The summed E-state index contributed by atoms with van der Waals surface area (Å²) < 4.78 is 0. The number of rotatable bonds is 8. The molecular weight excluding hydrogens is 494 g/mol. The molecule has 0 spiro atoms. The second-order valence-electron chi connectivity index (χ2n) is 9.38. The summed E-state index contributed by atoms with van der Waals surface area (Å²) in [4.78, 5) is 36.6. The zero-order valence-electron chi connectivity index (χ0n) is 20.8. The molecule has 0 bridgehead atoms. The van der Waals surface area contributed by atoms with Crippen LogP contribution in [0.5, 0.6) is 0 Å². The SMILES string of the molecule is Cc1cc(NC(=O)[C@@H](NC(=O)c2ccc([C@H](C)Nc3cc(Cl)cnc3C)s2)C2CCCCC2)ccn1. The number of hydrogen-bond acceptors (Lipinski definition) is 6. The topological polar surface area (TPSA) is 96.0 Å². The molecule has 1 saturated carbocycles. The number of aryl methyl sites for hydroxylation is 2. The lowest BCUT2D eigenvalue weighted by Crippen LogP contribution is -2.49. The van der Waals surface area contributed by atoms with Crippen molar-refractivity contribution in [2.45, 2.75) is 65.0 Å².